The smallest absolute Gasteiger partial charge is 0.328 e. The van der Waals surface area contributed by atoms with Crippen molar-refractivity contribution in [3.8, 4) is 0 Å². The van der Waals surface area contributed by atoms with E-state index in [0.717, 1.165) is 20.2 Å². The lowest BCUT2D eigenvalue weighted by Crippen LogP contribution is -2.44. The van der Waals surface area contributed by atoms with E-state index in [4.69, 9.17) is 5.11 Å². The molecule has 0 radical (unpaired) electrons. The Morgan fingerprint density at radius 3 is 2.26 bits per heavy atom. The van der Waals surface area contributed by atoms with Gasteiger partial charge in [-0.2, -0.15) is 0 Å². The van der Waals surface area contributed by atoms with Gasteiger partial charge in [0.25, 0.3) is 0 Å². The van der Waals surface area contributed by atoms with Gasteiger partial charge in [-0.1, -0.05) is 0 Å². The van der Waals surface area contributed by atoms with E-state index < -0.39 is 12.0 Å². The molecule has 1 atom stereocenters. The van der Waals surface area contributed by atoms with Gasteiger partial charge in [-0.3, -0.25) is 4.79 Å². The van der Waals surface area contributed by atoms with Crippen LogP contribution in [0.5, 0.6) is 0 Å². The van der Waals surface area contributed by atoms with E-state index >= 15 is 0 Å². The number of carbonyl (C=O) groups excluding carboxylic acids is 1. The van der Waals surface area contributed by atoms with Crippen LogP contribution >= 0.6 is 31.9 Å². The van der Waals surface area contributed by atoms with Crippen molar-refractivity contribution in [1.29, 1.82) is 0 Å². The van der Waals surface area contributed by atoms with Crippen molar-refractivity contribution in [2.45, 2.75) is 19.9 Å². The van der Waals surface area contributed by atoms with E-state index in [0.29, 0.717) is 0 Å². The van der Waals surface area contributed by atoms with Gasteiger partial charge in [0.2, 0.25) is 5.91 Å². The molecule has 5 nitrogen and oxygen atoms in total. The second kappa shape index (κ2) is 6.91. The van der Waals surface area contributed by atoms with Gasteiger partial charge in [-0.15, -0.1) is 0 Å². The molecule has 0 saturated carbocycles. The van der Waals surface area contributed by atoms with Gasteiger partial charge in [-0.25, -0.2) is 4.79 Å². The molecular weight excluding hydrogens is 380 g/mol. The number of amides is 1. The minimum absolute atomic E-state index is 0.0924. The Hall–Kier alpha value is -1.08. The maximum absolute atomic E-state index is 11.0. The van der Waals surface area contributed by atoms with Gasteiger partial charge < -0.3 is 15.7 Å². The van der Waals surface area contributed by atoms with Crippen molar-refractivity contribution >= 4 is 49.4 Å². The van der Waals surface area contributed by atoms with E-state index in [1.54, 1.807) is 0 Å². The van der Waals surface area contributed by atoms with Gasteiger partial charge in [0.1, 0.15) is 6.04 Å². The molecule has 0 bridgehead atoms. The summed E-state index contributed by atoms with van der Waals surface area (Å²) in [6.45, 7) is 3.33. The van der Waals surface area contributed by atoms with Gasteiger partial charge in [0.05, 0.1) is 5.69 Å². The summed E-state index contributed by atoms with van der Waals surface area (Å²) in [6.07, 6.45) is 0. The second-order valence-corrected chi connectivity index (χ2v) is 5.78. The van der Waals surface area contributed by atoms with Gasteiger partial charge >= 0.3 is 5.97 Å². The molecular formula is C12H14Br2N2O3. The second-order valence-electron chi connectivity index (χ2n) is 4.08. The number of hydrogen-bond donors (Lipinski definition) is 3. The van der Waals surface area contributed by atoms with E-state index in [1.165, 1.54) is 6.92 Å². The summed E-state index contributed by atoms with van der Waals surface area (Å²) in [5.74, 6) is -1.46. The molecule has 0 aliphatic heterocycles. The van der Waals surface area contributed by atoms with Crippen LogP contribution in [0.2, 0.25) is 0 Å². The molecule has 1 amide bonds. The lowest BCUT2D eigenvalue weighted by atomic mass is 10.2. The number of carbonyl (C=O) groups is 2. The molecule has 0 heterocycles. The predicted molar refractivity (Wildman–Crippen MR) is 80.3 cm³/mol. The molecule has 0 saturated heterocycles. The number of carboxylic acid groups (broad SMARTS) is 1. The number of carboxylic acids is 1. The van der Waals surface area contributed by atoms with E-state index in [2.05, 4.69) is 42.5 Å². The van der Waals surface area contributed by atoms with Crippen LogP contribution in [-0.4, -0.2) is 29.6 Å². The monoisotopic (exact) mass is 392 g/mol. The number of halogens is 2. The van der Waals surface area contributed by atoms with E-state index in [9.17, 15) is 9.59 Å². The summed E-state index contributed by atoms with van der Waals surface area (Å²) in [5, 5.41) is 14.4. The minimum atomic E-state index is -1.08. The molecule has 1 aromatic rings. The van der Waals surface area contributed by atoms with E-state index in [1.807, 2.05) is 19.1 Å². The molecule has 0 fully saturated rings. The van der Waals surface area contributed by atoms with Crippen molar-refractivity contribution in [2.24, 2.45) is 0 Å². The molecule has 1 unspecified atom stereocenters. The average molecular weight is 394 g/mol. The number of aliphatic carboxylic acids is 1. The fraction of sp³-hybridized carbons (Fsp3) is 0.333. The van der Waals surface area contributed by atoms with Crippen LogP contribution in [0.15, 0.2) is 21.1 Å². The topological polar surface area (TPSA) is 78.4 Å². The molecule has 1 aromatic carbocycles. The summed E-state index contributed by atoms with van der Waals surface area (Å²) in [4.78, 5) is 21.9. The summed E-state index contributed by atoms with van der Waals surface area (Å²) >= 11 is 6.82. The highest BCUT2D eigenvalue weighted by atomic mass is 79.9. The Morgan fingerprint density at radius 1 is 1.32 bits per heavy atom. The number of rotatable bonds is 5. The fourth-order valence-corrected chi connectivity index (χ4v) is 3.21. The first-order chi connectivity index (χ1) is 8.81. The van der Waals surface area contributed by atoms with Crippen LogP contribution < -0.4 is 10.6 Å². The number of nitrogens with one attached hydrogen (secondary N) is 2. The Bertz CT molecular complexity index is 483. The lowest BCUT2D eigenvalue weighted by Gasteiger charge is -2.17. The fourth-order valence-electron chi connectivity index (χ4n) is 1.52. The molecule has 19 heavy (non-hydrogen) atoms. The highest BCUT2D eigenvalue weighted by Gasteiger charge is 2.18. The number of hydrogen-bond acceptors (Lipinski definition) is 3. The standard InChI is InChI=1S/C12H14Br2N2O3/c1-6-3-8(13)11(9(14)4-6)15-5-10(12(18)19)16-7(2)17/h3-4,10,15H,5H2,1-2H3,(H,16,17)(H,18,19). The molecule has 104 valence electrons. The first kappa shape index (κ1) is 16.0. The van der Waals surface area contributed by atoms with Crippen molar-refractivity contribution in [1.82, 2.24) is 5.32 Å². The highest BCUT2D eigenvalue weighted by molar-refractivity contribution is 9.11. The Morgan fingerprint density at radius 2 is 1.84 bits per heavy atom. The molecule has 1 rings (SSSR count). The van der Waals surface area contributed by atoms with Crippen LogP contribution in [0, 0.1) is 6.92 Å². The van der Waals surface area contributed by atoms with Crippen molar-refractivity contribution < 1.29 is 14.7 Å². The van der Waals surface area contributed by atoms with Crippen molar-refractivity contribution in [3.05, 3.63) is 26.6 Å². The predicted octanol–water partition coefficient (Wildman–Crippen LogP) is 2.52. The molecule has 0 aliphatic rings. The summed E-state index contributed by atoms with van der Waals surface area (Å²) in [7, 11) is 0. The van der Waals surface area contributed by atoms with E-state index in [-0.39, 0.29) is 12.5 Å². The molecule has 0 aromatic heterocycles. The lowest BCUT2D eigenvalue weighted by molar-refractivity contribution is -0.141. The van der Waals surface area contributed by atoms with Crippen LogP contribution in [0.25, 0.3) is 0 Å². The SMILES string of the molecule is CC(=O)NC(CNc1c(Br)cc(C)cc1Br)C(=O)O. The zero-order valence-corrected chi connectivity index (χ0v) is 13.6. The third-order valence-electron chi connectivity index (χ3n) is 2.34. The average Bonchev–Trinajstić information content (AvgIpc) is 2.25. The Kier molecular flexibility index (Phi) is 5.81. The third-order valence-corrected chi connectivity index (χ3v) is 3.60. The van der Waals surface area contributed by atoms with Crippen LogP contribution in [0.1, 0.15) is 12.5 Å². The first-order valence-corrected chi connectivity index (χ1v) is 7.09. The maximum atomic E-state index is 11.0. The molecule has 0 spiro atoms. The summed E-state index contributed by atoms with van der Waals surface area (Å²) in [6, 6.07) is 2.86. The molecule has 0 aliphatic carbocycles. The normalized spacial score (nSPS) is 11.8. The number of aryl methyl sites for hydroxylation is 1. The van der Waals surface area contributed by atoms with Crippen LogP contribution in [0.3, 0.4) is 0 Å². The highest BCUT2D eigenvalue weighted by Crippen LogP contribution is 2.32. The largest absolute Gasteiger partial charge is 0.480 e. The van der Waals surface area contributed by atoms with Crippen LogP contribution in [-0.2, 0) is 9.59 Å². The third kappa shape index (κ3) is 4.83. The molecule has 7 heteroatoms. The van der Waals surface area contributed by atoms with Crippen molar-refractivity contribution in [3.63, 3.8) is 0 Å². The van der Waals surface area contributed by atoms with Gasteiger partial charge in [-0.05, 0) is 56.5 Å². The summed E-state index contributed by atoms with van der Waals surface area (Å²) < 4.78 is 1.65. The quantitative estimate of drug-likeness (QED) is 0.718. The maximum Gasteiger partial charge on any atom is 0.328 e. The zero-order chi connectivity index (χ0) is 14.6. The Labute approximate surface area is 128 Å². The van der Waals surface area contributed by atoms with Gasteiger partial charge in [0.15, 0.2) is 0 Å². The number of anilines is 1. The zero-order valence-electron chi connectivity index (χ0n) is 10.5. The number of benzene rings is 1. The summed E-state index contributed by atoms with van der Waals surface area (Å²) in [5.41, 5.74) is 1.82. The van der Waals surface area contributed by atoms with Crippen molar-refractivity contribution in [2.75, 3.05) is 11.9 Å². The molecule has 3 N–H and O–H groups in total. The van der Waals surface area contributed by atoms with Crippen LogP contribution in [0.4, 0.5) is 5.69 Å². The minimum Gasteiger partial charge on any atom is -0.480 e. The Balaban J connectivity index is 2.80. The first-order valence-electron chi connectivity index (χ1n) is 5.50. The van der Waals surface area contributed by atoms with Gasteiger partial charge in [0, 0.05) is 22.4 Å².